The third-order valence-corrected chi connectivity index (χ3v) is 4.69. The fraction of sp³-hybridized carbons (Fsp3) is 0.385. The molecule has 2 heterocycles. The van der Waals surface area contributed by atoms with E-state index in [1.807, 2.05) is 18.2 Å². The van der Waals surface area contributed by atoms with Crippen molar-refractivity contribution in [2.45, 2.75) is 12.8 Å². The van der Waals surface area contributed by atoms with Gasteiger partial charge in [-0.2, -0.15) is 0 Å². The minimum atomic E-state index is -3.35. The van der Waals surface area contributed by atoms with E-state index in [0.717, 1.165) is 17.7 Å². The molecule has 0 saturated carbocycles. The number of anilines is 1. The molecule has 0 radical (unpaired) electrons. The van der Waals surface area contributed by atoms with Gasteiger partial charge in [0, 0.05) is 13.0 Å². The van der Waals surface area contributed by atoms with Gasteiger partial charge in [0.2, 0.25) is 15.9 Å². The van der Waals surface area contributed by atoms with E-state index < -0.39 is 15.8 Å². The van der Waals surface area contributed by atoms with E-state index in [9.17, 15) is 13.2 Å². The third kappa shape index (κ3) is 2.85. The zero-order valence-corrected chi connectivity index (χ0v) is 12.3. The largest absolute Gasteiger partial charge is 0.434 e. The molecular weight excluding hydrogens is 294 g/mol. The number of nitrogens with one attached hydrogen (secondary N) is 1. The van der Waals surface area contributed by atoms with Gasteiger partial charge in [-0.05, 0) is 24.0 Å². The van der Waals surface area contributed by atoms with Crippen molar-refractivity contribution in [1.29, 1.82) is 0 Å². The molecule has 1 aliphatic heterocycles. The lowest BCUT2D eigenvalue weighted by Crippen LogP contribution is -2.40. The van der Waals surface area contributed by atoms with Gasteiger partial charge in [-0.3, -0.25) is 4.31 Å². The molecule has 2 aromatic rings. The summed E-state index contributed by atoms with van der Waals surface area (Å²) < 4.78 is 30.3. The van der Waals surface area contributed by atoms with Crippen LogP contribution >= 0.6 is 0 Å². The number of fused-ring (bicyclic) bond motifs is 1. The summed E-state index contributed by atoms with van der Waals surface area (Å²) >= 11 is 0. The van der Waals surface area contributed by atoms with Crippen LogP contribution in [0.25, 0.3) is 0 Å². The van der Waals surface area contributed by atoms with Gasteiger partial charge >= 0.3 is 5.76 Å². The Kier molecular flexibility index (Phi) is 3.32. The van der Waals surface area contributed by atoms with E-state index in [2.05, 4.69) is 10.2 Å². The van der Waals surface area contributed by atoms with Crippen LogP contribution in [0.2, 0.25) is 0 Å². The molecular formula is C13H15N3O4S. The van der Waals surface area contributed by atoms with Gasteiger partial charge < -0.3 is 4.42 Å². The van der Waals surface area contributed by atoms with Crippen molar-refractivity contribution in [3.63, 3.8) is 0 Å². The molecule has 0 fully saturated rings. The summed E-state index contributed by atoms with van der Waals surface area (Å²) in [7, 11) is -3.35. The highest BCUT2D eigenvalue weighted by Gasteiger charge is 2.30. The van der Waals surface area contributed by atoms with E-state index in [-0.39, 0.29) is 5.92 Å². The first-order valence-corrected chi connectivity index (χ1v) is 8.38. The molecule has 21 heavy (non-hydrogen) atoms. The normalized spacial score (nSPS) is 18.5. The van der Waals surface area contributed by atoms with Crippen LogP contribution in [0.4, 0.5) is 5.69 Å². The highest BCUT2D eigenvalue weighted by Crippen LogP contribution is 2.32. The maximum Gasteiger partial charge on any atom is 0.434 e. The Morgan fingerprint density at radius 2 is 2.19 bits per heavy atom. The molecule has 0 amide bonds. The summed E-state index contributed by atoms with van der Waals surface area (Å²) in [5.41, 5.74) is 1.69. The van der Waals surface area contributed by atoms with Crippen LogP contribution in [0.1, 0.15) is 11.5 Å². The number of aromatic amines is 1. The number of H-pyrrole nitrogens is 1. The minimum absolute atomic E-state index is 0.0149. The SMILES string of the molecule is CS(=O)(=O)N1C[C@H](Cc2n[nH]c(=O)o2)Cc2ccccc21. The van der Waals surface area contributed by atoms with Gasteiger partial charge in [0.15, 0.2) is 0 Å². The minimum Gasteiger partial charge on any atom is -0.392 e. The summed E-state index contributed by atoms with van der Waals surface area (Å²) in [5.74, 6) is -0.278. The van der Waals surface area contributed by atoms with E-state index in [1.54, 1.807) is 6.07 Å². The van der Waals surface area contributed by atoms with Gasteiger partial charge in [0.25, 0.3) is 0 Å². The van der Waals surface area contributed by atoms with Crippen molar-refractivity contribution in [3.8, 4) is 0 Å². The summed E-state index contributed by atoms with van der Waals surface area (Å²) in [6, 6.07) is 7.43. The monoisotopic (exact) mass is 309 g/mol. The Morgan fingerprint density at radius 3 is 2.86 bits per heavy atom. The number of sulfonamides is 1. The molecule has 0 unspecified atom stereocenters. The molecule has 1 aliphatic rings. The van der Waals surface area contributed by atoms with Crippen LogP contribution in [0.15, 0.2) is 33.5 Å². The zero-order valence-electron chi connectivity index (χ0n) is 11.4. The summed E-state index contributed by atoms with van der Waals surface area (Å²) in [5, 5.41) is 6.00. The third-order valence-electron chi connectivity index (χ3n) is 3.54. The summed E-state index contributed by atoms with van der Waals surface area (Å²) in [4.78, 5) is 11.0. The van der Waals surface area contributed by atoms with Gasteiger partial charge in [0.05, 0.1) is 11.9 Å². The molecule has 1 aromatic heterocycles. The topological polar surface area (TPSA) is 96.3 Å². The lowest BCUT2D eigenvalue weighted by atomic mass is 9.91. The molecule has 7 nitrogen and oxygen atoms in total. The molecule has 0 aliphatic carbocycles. The molecule has 112 valence electrons. The Morgan fingerprint density at radius 1 is 1.43 bits per heavy atom. The molecule has 3 rings (SSSR count). The first-order chi connectivity index (χ1) is 9.93. The molecule has 0 saturated heterocycles. The van der Waals surface area contributed by atoms with Gasteiger partial charge in [0.1, 0.15) is 0 Å². The number of rotatable bonds is 3. The quantitative estimate of drug-likeness (QED) is 0.893. The Bertz CT molecular complexity index is 809. The van der Waals surface area contributed by atoms with Crippen molar-refractivity contribution in [1.82, 2.24) is 10.2 Å². The molecule has 0 bridgehead atoms. The fourth-order valence-corrected chi connectivity index (χ4v) is 3.70. The van der Waals surface area contributed by atoms with Crippen molar-refractivity contribution < 1.29 is 12.8 Å². The average Bonchev–Trinajstić information content (AvgIpc) is 2.82. The highest BCUT2D eigenvalue weighted by atomic mass is 32.2. The van der Waals surface area contributed by atoms with Gasteiger partial charge in [-0.15, -0.1) is 5.10 Å². The Hall–Kier alpha value is -2.09. The van der Waals surface area contributed by atoms with E-state index in [4.69, 9.17) is 4.42 Å². The van der Waals surface area contributed by atoms with Crippen LogP contribution in [0, 0.1) is 5.92 Å². The van der Waals surface area contributed by atoms with E-state index >= 15 is 0 Å². The average molecular weight is 309 g/mol. The number of nitrogens with zero attached hydrogens (tertiary/aromatic N) is 2. The lowest BCUT2D eigenvalue weighted by Gasteiger charge is -2.33. The predicted octanol–water partition coefficient (Wildman–Crippen LogP) is 0.544. The molecule has 1 atom stereocenters. The Balaban J connectivity index is 1.92. The fourth-order valence-electron chi connectivity index (χ4n) is 2.68. The number of para-hydroxylation sites is 1. The number of hydrogen-bond acceptors (Lipinski definition) is 5. The van der Waals surface area contributed by atoms with E-state index in [1.165, 1.54) is 10.6 Å². The van der Waals surface area contributed by atoms with Crippen LogP contribution in [-0.2, 0) is 22.9 Å². The Labute approximate surface area is 121 Å². The first kappa shape index (κ1) is 13.9. The van der Waals surface area contributed by atoms with Crippen molar-refractivity contribution in [2.75, 3.05) is 17.1 Å². The molecule has 1 N–H and O–H groups in total. The van der Waals surface area contributed by atoms with Crippen LogP contribution in [-0.4, -0.2) is 31.4 Å². The smallest absolute Gasteiger partial charge is 0.392 e. The second kappa shape index (κ2) is 5.03. The second-order valence-electron chi connectivity index (χ2n) is 5.20. The molecule has 8 heteroatoms. The zero-order chi connectivity index (χ0) is 15.0. The maximum atomic E-state index is 12.0. The van der Waals surface area contributed by atoms with Crippen LogP contribution in [0.3, 0.4) is 0 Å². The van der Waals surface area contributed by atoms with Gasteiger partial charge in [-0.1, -0.05) is 18.2 Å². The molecule has 1 aromatic carbocycles. The van der Waals surface area contributed by atoms with Gasteiger partial charge in [-0.25, -0.2) is 18.3 Å². The summed E-state index contributed by atoms with van der Waals surface area (Å²) in [6.07, 6.45) is 2.33. The highest BCUT2D eigenvalue weighted by molar-refractivity contribution is 7.92. The second-order valence-corrected chi connectivity index (χ2v) is 7.11. The lowest BCUT2D eigenvalue weighted by molar-refractivity contribution is 0.406. The molecule has 0 spiro atoms. The van der Waals surface area contributed by atoms with E-state index in [0.29, 0.717) is 18.9 Å². The van der Waals surface area contributed by atoms with Crippen molar-refractivity contribution >= 4 is 15.7 Å². The maximum absolute atomic E-state index is 12.0. The van der Waals surface area contributed by atoms with Crippen molar-refractivity contribution in [3.05, 3.63) is 46.3 Å². The number of hydrogen-bond donors (Lipinski definition) is 1. The van der Waals surface area contributed by atoms with Crippen LogP contribution in [0.5, 0.6) is 0 Å². The standard InChI is InChI=1S/C13H15N3O4S/c1-21(18,19)16-8-9(7-12-14-15-13(17)20-12)6-10-4-2-3-5-11(10)16/h2-5,9H,6-8H2,1H3,(H,15,17)/t9-/m0/s1. The first-order valence-electron chi connectivity index (χ1n) is 6.53. The predicted molar refractivity (Wildman–Crippen MR) is 76.7 cm³/mol. The van der Waals surface area contributed by atoms with Crippen LogP contribution < -0.4 is 10.1 Å². The number of benzene rings is 1. The van der Waals surface area contributed by atoms with Crippen molar-refractivity contribution in [2.24, 2.45) is 5.92 Å². The summed E-state index contributed by atoms with van der Waals surface area (Å²) in [6.45, 7) is 0.354. The number of aromatic nitrogens is 2.